The second-order valence-corrected chi connectivity index (χ2v) is 12.8. The maximum atomic E-state index is 14.7. The molecule has 0 saturated heterocycles. The van der Waals surface area contributed by atoms with Crippen molar-refractivity contribution in [3.63, 3.8) is 0 Å². The first-order valence-corrected chi connectivity index (χ1v) is 15.6. The topological polar surface area (TPSA) is 59.4 Å². The van der Waals surface area contributed by atoms with Crippen molar-refractivity contribution in [3.05, 3.63) is 77.4 Å². The Morgan fingerprint density at radius 3 is 2.27 bits per heavy atom. The second-order valence-electron chi connectivity index (χ2n) is 12.8. The zero-order valence-corrected chi connectivity index (χ0v) is 29.6. The van der Waals surface area contributed by atoms with Crippen molar-refractivity contribution in [1.82, 2.24) is 4.98 Å². The number of ether oxygens (including phenoxy) is 1. The van der Waals surface area contributed by atoms with Crippen LogP contribution in [-0.4, -0.2) is 15.9 Å². The van der Waals surface area contributed by atoms with Crippen LogP contribution in [0.3, 0.4) is 0 Å². The van der Waals surface area contributed by atoms with Gasteiger partial charge in [0, 0.05) is 54.5 Å². The number of hydrogen-bond donors (Lipinski definition) is 1. The van der Waals surface area contributed by atoms with E-state index in [0.717, 1.165) is 76.4 Å². The quantitative estimate of drug-likeness (QED) is 0.0969. The number of ketones is 1. The molecule has 0 amide bonds. The van der Waals surface area contributed by atoms with Gasteiger partial charge in [-0.2, -0.15) is 0 Å². The summed E-state index contributed by atoms with van der Waals surface area (Å²) in [6.07, 6.45) is 7.06. The monoisotopic (exact) mass is 775 g/mol. The van der Waals surface area contributed by atoms with Gasteiger partial charge in [0.15, 0.2) is 5.78 Å². The summed E-state index contributed by atoms with van der Waals surface area (Å²) < 4.78 is 21.1. The molecule has 0 unspecified atom stereocenters. The fourth-order valence-electron chi connectivity index (χ4n) is 5.95. The molecule has 0 aliphatic carbocycles. The molecule has 5 rings (SSSR count). The molecule has 237 valence electrons. The van der Waals surface area contributed by atoms with E-state index in [1.807, 2.05) is 58.0 Å². The zero-order chi connectivity index (χ0) is 31.5. The fourth-order valence-corrected chi connectivity index (χ4v) is 5.95. The normalized spacial score (nSPS) is 12.5. The van der Waals surface area contributed by atoms with E-state index in [1.165, 1.54) is 12.3 Å². The minimum atomic E-state index is -0.319. The molecule has 1 aliphatic rings. The van der Waals surface area contributed by atoms with Crippen LogP contribution in [0.25, 0.3) is 32.8 Å². The molecule has 0 spiro atoms. The number of carbonyl (C=O) groups is 1. The van der Waals surface area contributed by atoms with E-state index in [0.29, 0.717) is 11.1 Å². The van der Waals surface area contributed by atoms with Crippen molar-refractivity contribution < 1.29 is 39.1 Å². The molecule has 1 N–H and O–H groups in total. The van der Waals surface area contributed by atoms with Crippen molar-refractivity contribution in [2.75, 3.05) is 0 Å². The van der Waals surface area contributed by atoms with Gasteiger partial charge in [0.1, 0.15) is 11.6 Å². The minimum Gasteiger partial charge on any atom is -0.512 e. The molecule has 1 aromatic heterocycles. The number of hydrogen-bond acceptors (Lipinski definition) is 4. The first-order valence-electron chi connectivity index (χ1n) is 15.6. The van der Waals surface area contributed by atoms with Crippen LogP contribution in [0.5, 0.6) is 11.5 Å². The Balaban J connectivity index is 0.000000286. The average molecular weight is 775 g/mol. The van der Waals surface area contributed by atoms with Crippen LogP contribution in [0.2, 0.25) is 0 Å². The number of aromatic nitrogens is 1. The molecule has 1 radical (unpaired) electrons. The van der Waals surface area contributed by atoms with Gasteiger partial charge in [0.2, 0.25) is 0 Å². The molecule has 0 fully saturated rings. The van der Waals surface area contributed by atoms with Gasteiger partial charge in [-0.3, -0.25) is 9.78 Å². The molecule has 0 bridgehead atoms. The van der Waals surface area contributed by atoms with Crippen LogP contribution >= 0.6 is 0 Å². The summed E-state index contributed by atoms with van der Waals surface area (Å²) in [7, 11) is 0. The summed E-state index contributed by atoms with van der Waals surface area (Å²) in [6.45, 7) is 16.7. The van der Waals surface area contributed by atoms with Crippen LogP contribution in [0.1, 0.15) is 85.3 Å². The molecular weight excluding hydrogens is 730 g/mol. The number of fused-ring (bicyclic) bond motifs is 3. The van der Waals surface area contributed by atoms with E-state index in [4.69, 9.17) is 4.74 Å². The molecule has 0 saturated carbocycles. The Bertz CT molecular complexity index is 1660. The van der Waals surface area contributed by atoms with Crippen molar-refractivity contribution in [3.8, 4) is 22.8 Å². The van der Waals surface area contributed by atoms with E-state index in [1.54, 1.807) is 0 Å². The number of aliphatic hydroxyl groups is 1. The van der Waals surface area contributed by atoms with E-state index >= 15 is 0 Å². The summed E-state index contributed by atoms with van der Waals surface area (Å²) in [5, 5.41) is 13.2. The van der Waals surface area contributed by atoms with E-state index in [9.17, 15) is 14.3 Å². The van der Waals surface area contributed by atoms with Crippen molar-refractivity contribution in [2.45, 2.75) is 87.5 Å². The van der Waals surface area contributed by atoms with Gasteiger partial charge < -0.3 is 9.84 Å². The van der Waals surface area contributed by atoms with E-state index in [2.05, 4.69) is 44.8 Å². The van der Waals surface area contributed by atoms with Gasteiger partial charge in [0.05, 0.1) is 17.7 Å². The molecule has 1 aliphatic heterocycles. The van der Waals surface area contributed by atoms with Crippen LogP contribution in [0.4, 0.5) is 4.39 Å². The number of carbonyl (C=O) groups excluding carboxylic acids is 1. The molecule has 3 aromatic carbocycles. The van der Waals surface area contributed by atoms with Crippen molar-refractivity contribution in [1.29, 1.82) is 0 Å². The average Bonchev–Trinajstić information content (AvgIpc) is 2.96. The number of rotatable bonds is 8. The molecule has 6 heteroatoms. The molecule has 44 heavy (non-hydrogen) atoms. The summed E-state index contributed by atoms with van der Waals surface area (Å²) in [4.78, 5) is 16.2. The first-order chi connectivity index (χ1) is 20.4. The van der Waals surface area contributed by atoms with Gasteiger partial charge >= 0.3 is 0 Å². The molecule has 0 atom stereocenters. The maximum Gasteiger partial charge on any atom is 0.162 e. The number of allylic oxidation sites excluding steroid dienone is 2. The van der Waals surface area contributed by atoms with E-state index in [-0.39, 0.29) is 54.7 Å². The summed E-state index contributed by atoms with van der Waals surface area (Å²) in [6, 6.07) is 15.5. The summed E-state index contributed by atoms with van der Waals surface area (Å²) in [5.41, 5.74) is 3.76. The molecule has 4 nitrogen and oxygen atoms in total. The number of aryl methyl sites for hydroxylation is 1. The predicted molar refractivity (Wildman–Crippen MR) is 175 cm³/mol. The molecule has 2 heterocycles. The number of pyridine rings is 1. The smallest absolute Gasteiger partial charge is 0.162 e. The van der Waals surface area contributed by atoms with Crippen LogP contribution in [0.15, 0.2) is 54.4 Å². The number of aliphatic hydroxyl groups excluding tert-OH is 1. The third kappa shape index (κ3) is 7.58. The van der Waals surface area contributed by atoms with Crippen LogP contribution < -0.4 is 4.74 Å². The van der Waals surface area contributed by atoms with Crippen LogP contribution in [0, 0.1) is 36.1 Å². The Kier molecular flexibility index (Phi) is 11.9. The van der Waals surface area contributed by atoms with Gasteiger partial charge in [-0.1, -0.05) is 83.2 Å². The Morgan fingerprint density at radius 1 is 1.02 bits per heavy atom. The largest absolute Gasteiger partial charge is 0.512 e. The fraction of sp³-hybridized carbons (Fsp3) is 0.421. The van der Waals surface area contributed by atoms with Gasteiger partial charge in [-0.15, -0.1) is 17.5 Å². The minimum absolute atomic E-state index is 0. The standard InChI is InChI=1S/C25H21FNO.C13H24O2.Ir/c1-14-17-8-6-5-7-16(17)11-19-23-22-18(20(26)13-27-23)9-15(12-25(2,3)4)10-21(22)28-24(14)19;1-5-10(6-2)12(14)9-13(15)11(7-3)8-4;/h5-10,13H,12H2,1-4H3;9-11,14H,5-8H2,1-4H3;/q-1;;/b;12-9-;. The van der Waals surface area contributed by atoms with Gasteiger partial charge in [-0.05, 0) is 62.1 Å². The Hall–Kier alpha value is -3.08. The number of halogens is 1. The summed E-state index contributed by atoms with van der Waals surface area (Å²) in [5.74, 6) is 1.67. The number of benzene rings is 3. The summed E-state index contributed by atoms with van der Waals surface area (Å²) >= 11 is 0. The SMILES string of the molecule is CCC(CC)C(=O)/C=C(\O)C(CC)CC.Cc1c2c([c-]c3ccccc13)-c1ncc(F)c3cc(CC(C)(C)C)cc(c13)O2.[Ir]. The third-order valence-corrected chi connectivity index (χ3v) is 8.39. The maximum absolute atomic E-state index is 14.7. The Morgan fingerprint density at radius 2 is 1.66 bits per heavy atom. The third-order valence-electron chi connectivity index (χ3n) is 8.39. The van der Waals surface area contributed by atoms with Gasteiger partial charge in [-0.25, -0.2) is 4.39 Å². The predicted octanol–water partition coefficient (Wildman–Crippen LogP) is 10.9. The Labute approximate surface area is 275 Å². The van der Waals surface area contributed by atoms with Crippen LogP contribution in [-0.2, 0) is 31.3 Å². The first kappa shape index (κ1) is 35.4. The zero-order valence-electron chi connectivity index (χ0n) is 27.2. The van der Waals surface area contributed by atoms with Crippen molar-refractivity contribution >= 4 is 27.3 Å². The number of nitrogens with zero attached hydrogens (tertiary/aromatic N) is 1. The molecular formula is C38H45FIrNO3-. The molecule has 4 aromatic rings. The van der Waals surface area contributed by atoms with Gasteiger partial charge in [0.25, 0.3) is 0 Å². The van der Waals surface area contributed by atoms with E-state index < -0.39 is 0 Å². The van der Waals surface area contributed by atoms with Crippen molar-refractivity contribution in [2.24, 2.45) is 17.3 Å². The second kappa shape index (κ2) is 14.8.